The molecule has 43 heavy (non-hydrogen) atoms. The molecule has 1 fully saturated rings. The number of nitrogens with one attached hydrogen (secondary N) is 2. The van der Waals surface area contributed by atoms with Crippen LogP contribution in [0.4, 0.5) is 0 Å². The fourth-order valence-corrected chi connectivity index (χ4v) is 4.95. The van der Waals surface area contributed by atoms with E-state index in [4.69, 9.17) is 10.8 Å². The Balaban J connectivity index is 0.000000246. The van der Waals surface area contributed by atoms with Gasteiger partial charge in [-0.25, -0.2) is 9.52 Å². The number of methoxy groups -OCH3 is 1. The highest BCUT2D eigenvalue weighted by molar-refractivity contribution is 7.85. The van der Waals surface area contributed by atoms with Gasteiger partial charge in [-0.3, -0.25) is 24.3 Å². The average molecular weight is 620 g/mol. The van der Waals surface area contributed by atoms with Crippen LogP contribution in [0.3, 0.4) is 0 Å². The van der Waals surface area contributed by atoms with E-state index in [1.54, 1.807) is 16.9 Å². The maximum atomic E-state index is 11.8. The number of aliphatic carboxylic acids is 1. The number of pyridine rings is 1. The lowest BCUT2D eigenvalue weighted by Gasteiger charge is -2.18. The molecule has 234 valence electrons. The fourth-order valence-electron chi connectivity index (χ4n) is 4.20. The number of ether oxygens (including phenoxy) is 1. The molecule has 1 aromatic carbocycles. The Morgan fingerprint density at radius 1 is 1.23 bits per heavy atom. The SMILES string of the molecule is CC1=CC(=O)NS(=O)(=O)O1.CN1CCC[C@H]1c1cccnc1.COC(=O)[C@H](Cc1ccccc1)NC(=O)[C@@H](N)CC(=O)O. The van der Waals surface area contributed by atoms with Crippen molar-refractivity contribution in [1.82, 2.24) is 19.9 Å². The molecule has 15 heteroatoms. The number of likely N-dealkylation sites (tertiary alicyclic amines) is 1. The molecule has 14 nitrogen and oxygen atoms in total. The first kappa shape index (κ1) is 34.9. The summed E-state index contributed by atoms with van der Waals surface area (Å²) < 4.78 is 31.5. The van der Waals surface area contributed by atoms with Gasteiger partial charge in [0.05, 0.1) is 19.6 Å². The number of allylic oxidation sites excluding steroid dienone is 1. The third-order valence-corrected chi connectivity index (χ3v) is 7.14. The van der Waals surface area contributed by atoms with Crippen LogP contribution >= 0.6 is 0 Å². The second kappa shape index (κ2) is 16.9. The molecule has 2 aromatic rings. The normalized spacial score (nSPS) is 18.5. The molecule has 4 rings (SSSR count). The number of hydrogen-bond acceptors (Lipinski definition) is 11. The fraction of sp³-hybridized carbons (Fsp3) is 0.393. The Bertz CT molecular complexity index is 1370. The standard InChI is InChI=1S/C14H18N2O5.C10H14N2.C4H5NO4S/c1-21-14(20)11(7-9-5-3-2-4-6-9)16-13(19)10(15)8-12(17)18;1-12-7-3-5-10(12)9-4-2-6-11-8-9;1-3-2-4(6)5-10(7,8)9-3/h2-6,10-11H,7-8,15H2,1H3,(H,16,19)(H,17,18);2,4,6,8,10H,3,5,7H2,1H3;2H,1H3,(H,5,6)/t10-,11-;10-;/m00./s1. The topological polar surface area (TPSA) is 207 Å². The number of rotatable bonds is 8. The van der Waals surface area contributed by atoms with Gasteiger partial charge in [-0.15, -0.1) is 0 Å². The van der Waals surface area contributed by atoms with Gasteiger partial charge in [0.1, 0.15) is 11.8 Å². The van der Waals surface area contributed by atoms with E-state index >= 15 is 0 Å². The molecule has 3 heterocycles. The van der Waals surface area contributed by atoms with Gasteiger partial charge in [0.2, 0.25) is 5.91 Å². The summed E-state index contributed by atoms with van der Waals surface area (Å²) >= 11 is 0. The second-order valence-corrected chi connectivity index (χ2v) is 10.9. The van der Waals surface area contributed by atoms with Crippen molar-refractivity contribution in [3.05, 3.63) is 77.8 Å². The number of nitrogens with two attached hydrogens (primary N) is 1. The number of benzene rings is 1. The van der Waals surface area contributed by atoms with Gasteiger partial charge in [-0.2, -0.15) is 8.42 Å². The largest absolute Gasteiger partial charge is 0.481 e. The van der Waals surface area contributed by atoms with Crippen LogP contribution in [0.5, 0.6) is 0 Å². The molecule has 2 aliphatic rings. The quantitative estimate of drug-likeness (QED) is 0.303. The number of nitrogens with zero attached hydrogens (tertiary/aromatic N) is 2. The van der Waals surface area contributed by atoms with Crippen LogP contribution in [0.15, 0.2) is 66.7 Å². The number of amides is 2. The van der Waals surface area contributed by atoms with E-state index in [1.807, 2.05) is 36.7 Å². The Labute approximate surface area is 250 Å². The van der Waals surface area contributed by atoms with Crippen LogP contribution in [0.2, 0.25) is 0 Å². The van der Waals surface area contributed by atoms with Crippen LogP contribution in [0, 0.1) is 0 Å². The monoisotopic (exact) mass is 619 g/mol. The minimum atomic E-state index is -3.85. The van der Waals surface area contributed by atoms with E-state index < -0.39 is 52.6 Å². The zero-order valence-electron chi connectivity index (χ0n) is 24.1. The predicted octanol–water partition coefficient (Wildman–Crippen LogP) is 0.819. The van der Waals surface area contributed by atoms with Crippen molar-refractivity contribution in [2.45, 2.75) is 50.7 Å². The molecule has 2 amide bonds. The average Bonchev–Trinajstić information content (AvgIpc) is 3.38. The summed E-state index contributed by atoms with van der Waals surface area (Å²) in [5.41, 5.74) is 7.65. The second-order valence-electron chi connectivity index (χ2n) is 9.66. The molecular weight excluding hydrogens is 582 g/mol. The molecule has 1 saturated heterocycles. The van der Waals surface area contributed by atoms with E-state index in [0.29, 0.717) is 6.04 Å². The number of carbonyl (C=O) groups is 4. The predicted molar refractivity (Wildman–Crippen MR) is 155 cm³/mol. The lowest BCUT2D eigenvalue weighted by molar-refractivity contribution is -0.145. The lowest BCUT2D eigenvalue weighted by atomic mass is 10.1. The van der Waals surface area contributed by atoms with Crippen molar-refractivity contribution in [1.29, 1.82) is 0 Å². The molecule has 0 radical (unpaired) electrons. The molecular formula is C28H37N5O9S. The highest BCUT2D eigenvalue weighted by Gasteiger charge is 2.26. The first-order chi connectivity index (χ1) is 20.3. The highest BCUT2D eigenvalue weighted by atomic mass is 32.2. The molecule has 0 bridgehead atoms. The van der Waals surface area contributed by atoms with Gasteiger partial charge in [0.15, 0.2) is 0 Å². The van der Waals surface area contributed by atoms with Crippen molar-refractivity contribution < 1.29 is 41.6 Å². The molecule has 2 aliphatic heterocycles. The van der Waals surface area contributed by atoms with Gasteiger partial charge >= 0.3 is 22.2 Å². The number of aromatic nitrogens is 1. The molecule has 0 saturated carbocycles. The number of carboxylic acids is 1. The molecule has 0 spiro atoms. The summed E-state index contributed by atoms with van der Waals surface area (Å²) in [4.78, 5) is 51.0. The van der Waals surface area contributed by atoms with Crippen molar-refractivity contribution in [3.8, 4) is 0 Å². The highest BCUT2D eigenvalue weighted by Crippen LogP contribution is 2.29. The van der Waals surface area contributed by atoms with Crippen LogP contribution in [0.25, 0.3) is 0 Å². The van der Waals surface area contributed by atoms with Crippen LogP contribution in [0.1, 0.15) is 43.4 Å². The summed E-state index contributed by atoms with van der Waals surface area (Å²) in [6, 6.07) is 11.7. The van der Waals surface area contributed by atoms with Crippen molar-refractivity contribution in [3.63, 3.8) is 0 Å². The molecule has 0 aliphatic carbocycles. The van der Waals surface area contributed by atoms with Gasteiger partial charge in [-0.05, 0) is 50.6 Å². The minimum Gasteiger partial charge on any atom is -0.481 e. The summed E-state index contributed by atoms with van der Waals surface area (Å²) in [7, 11) is -0.452. The van der Waals surface area contributed by atoms with E-state index in [9.17, 15) is 27.6 Å². The number of carbonyl (C=O) groups excluding carboxylic acids is 3. The van der Waals surface area contributed by atoms with Gasteiger partial charge < -0.3 is 25.1 Å². The van der Waals surface area contributed by atoms with Crippen molar-refractivity contribution in [2.24, 2.45) is 5.73 Å². The molecule has 0 unspecified atom stereocenters. The minimum absolute atomic E-state index is 0.0729. The van der Waals surface area contributed by atoms with Crippen molar-refractivity contribution >= 4 is 34.1 Å². The summed E-state index contributed by atoms with van der Waals surface area (Å²) in [6.45, 7) is 2.61. The maximum Gasteiger partial charge on any atom is 0.409 e. The number of esters is 1. The Kier molecular flexibility index (Phi) is 13.7. The first-order valence-electron chi connectivity index (χ1n) is 13.3. The number of hydrogen-bond donors (Lipinski definition) is 4. The van der Waals surface area contributed by atoms with E-state index in [1.165, 1.54) is 39.0 Å². The summed E-state index contributed by atoms with van der Waals surface area (Å²) in [5, 5.41) is 11.0. The van der Waals surface area contributed by atoms with E-state index in [2.05, 4.69) is 37.2 Å². The van der Waals surface area contributed by atoms with Gasteiger partial charge in [0.25, 0.3) is 5.91 Å². The Morgan fingerprint density at radius 3 is 2.44 bits per heavy atom. The molecule has 3 atom stereocenters. The molecule has 5 N–H and O–H groups in total. The lowest BCUT2D eigenvalue weighted by Crippen LogP contribution is -2.50. The smallest absolute Gasteiger partial charge is 0.409 e. The number of carboxylic acid groups (broad SMARTS) is 1. The van der Waals surface area contributed by atoms with E-state index in [0.717, 1.165) is 11.6 Å². The van der Waals surface area contributed by atoms with Crippen molar-refractivity contribution in [2.75, 3.05) is 20.7 Å². The summed E-state index contributed by atoms with van der Waals surface area (Å²) in [6.07, 6.45) is 7.19. The Morgan fingerprint density at radius 2 is 1.93 bits per heavy atom. The Hall–Kier alpha value is -4.34. The zero-order valence-corrected chi connectivity index (χ0v) is 25.0. The molecule has 1 aromatic heterocycles. The third kappa shape index (κ3) is 12.6. The first-order valence-corrected chi connectivity index (χ1v) is 14.7. The van der Waals surface area contributed by atoms with Crippen LogP contribution in [-0.2, 0) is 44.8 Å². The third-order valence-electron chi connectivity index (χ3n) is 6.21. The van der Waals surface area contributed by atoms with Crippen LogP contribution < -0.4 is 15.8 Å². The summed E-state index contributed by atoms with van der Waals surface area (Å²) in [5.74, 6) is -3.11. The van der Waals surface area contributed by atoms with Gasteiger partial charge in [-0.1, -0.05) is 36.4 Å². The van der Waals surface area contributed by atoms with E-state index in [-0.39, 0.29) is 12.2 Å². The van der Waals surface area contributed by atoms with Gasteiger partial charge in [0, 0.05) is 30.9 Å². The van der Waals surface area contributed by atoms with Crippen LogP contribution in [-0.4, -0.2) is 79.9 Å². The zero-order chi connectivity index (χ0) is 32.0. The maximum absolute atomic E-state index is 11.8.